The molecule has 0 spiro atoms. The van der Waals surface area contributed by atoms with Crippen molar-refractivity contribution in [3.8, 4) is 0 Å². The Balaban J connectivity index is 1.72. The third-order valence-electron chi connectivity index (χ3n) is 3.86. The molecule has 0 unspecified atom stereocenters. The molecule has 96 valence electrons. The van der Waals surface area contributed by atoms with Gasteiger partial charge >= 0.3 is 0 Å². The van der Waals surface area contributed by atoms with Crippen LogP contribution in [0.2, 0.25) is 0 Å². The zero-order chi connectivity index (χ0) is 12.4. The van der Waals surface area contributed by atoms with Gasteiger partial charge in [0, 0.05) is 17.8 Å². The molecule has 0 atom stereocenters. The summed E-state index contributed by atoms with van der Waals surface area (Å²) in [4.78, 5) is 4.60. The summed E-state index contributed by atoms with van der Waals surface area (Å²) in [5, 5.41) is 4.51. The van der Waals surface area contributed by atoms with E-state index in [0.29, 0.717) is 5.41 Å². The first kappa shape index (κ1) is 12.2. The molecule has 1 N–H and O–H groups in total. The molecular formula is C14H17ClN2S. The van der Waals surface area contributed by atoms with Gasteiger partial charge in [-0.25, -0.2) is 4.98 Å². The van der Waals surface area contributed by atoms with Gasteiger partial charge in [-0.05, 0) is 25.0 Å². The number of thiazole rings is 1. The molecule has 1 fully saturated rings. The van der Waals surface area contributed by atoms with Crippen molar-refractivity contribution in [2.75, 3.05) is 17.7 Å². The van der Waals surface area contributed by atoms with Crippen molar-refractivity contribution in [2.45, 2.75) is 25.7 Å². The lowest BCUT2D eigenvalue weighted by atomic mass is 9.89. The maximum absolute atomic E-state index is 6.15. The number of nitrogens with zero attached hydrogens (tertiary/aromatic N) is 1. The summed E-state index contributed by atoms with van der Waals surface area (Å²) < 4.78 is 1.24. The molecule has 1 aromatic heterocycles. The van der Waals surface area contributed by atoms with E-state index in [1.54, 1.807) is 11.3 Å². The number of rotatable bonds is 4. The van der Waals surface area contributed by atoms with Crippen LogP contribution in [-0.4, -0.2) is 17.4 Å². The molecule has 0 radical (unpaired) electrons. The van der Waals surface area contributed by atoms with Crippen molar-refractivity contribution in [1.29, 1.82) is 0 Å². The topological polar surface area (TPSA) is 24.9 Å². The van der Waals surface area contributed by atoms with Crippen molar-refractivity contribution in [1.82, 2.24) is 4.98 Å². The standard InChI is InChI=1S/C14H17ClN2S/c15-9-14(7-3-4-8-14)10-16-13-17-11-5-1-2-6-12(11)18-13/h1-2,5-6H,3-4,7-10H2,(H,16,17). The second-order valence-corrected chi connectivity index (χ2v) is 6.48. The molecular weight excluding hydrogens is 264 g/mol. The summed E-state index contributed by atoms with van der Waals surface area (Å²) in [5.41, 5.74) is 1.37. The summed E-state index contributed by atoms with van der Waals surface area (Å²) in [6, 6.07) is 8.26. The molecule has 1 heterocycles. The fourth-order valence-corrected chi connectivity index (χ4v) is 3.92. The second kappa shape index (κ2) is 5.06. The van der Waals surface area contributed by atoms with Gasteiger partial charge in [-0.3, -0.25) is 0 Å². The number of fused-ring (bicyclic) bond motifs is 1. The lowest BCUT2D eigenvalue weighted by molar-refractivity contribution is 0.368. The van der Waals surface area contributed by atoms with Gasteiger partial charge in [-0.2, -0.15) is 0 Å². The van der Waals surface area contributed by atoms with E-state index in [-0.39, 0.29) is 0 Å². The highest BCUT2D eigenvalue weighted by molar-refractivity contribution is 7.22. The Morgan fingerprint density at radius 3 is 2.78 bits per heavy atom. The Morgan fingerprint density at radius 1 is 1.28 bits per heavy atom. The van der Waals surface area contributed by atoms with Crippen LogP contribution in [0.4, 0.5) is 5.13 Å². The number of halogens is 1. The normalized spacial score (nSPS) is 18.3. The highest BCUT2D eigenvalue weighted by Crippen LogP contribution is 2.39. The third kappa shape index (κ3) is 2.34. The molecule has 18 heavy (non-hydrogen) atoms. The fourth-order valence-electron chi connectivity index (χ4n) is 2.69. The van der Waals surface area contributed by atoms with Crippen LogP contribution >= 0.6 is 22.9 Å². The summed E-state index contributed by atoms with van der Waals surface area (Å²) in [6.07, 6.45) is 5.12. The molecule has 0 aliphatic heterocycles. The van der Waals surface area contributed by atoms with Crippen LogP contribution in [0.1, 0.15) is 25.7 Å². The minimum Gasteiger partial charge on any atom is -0.361 e. The van der Waals surface area contributed by atoms with Crippen LogP contribution in [0.5, 0.6) is 0 Å². The van der Waals surface area contributed by atoms with Crippen molar-refractivity contribution < 1.29 is 0 Å². The zero-order valence-corrected chi connectivity index (χ0v) is 11.9. The van der Waals surface area contributed by atoms with Crippen LogP contribution in [-0.2, 0) is 0 Å². The number of hydrogen-bond donors (Lipinski definition) is 1. The molecule has 0 amide bonds. The first-order valence-corrected chi connectivity index (χ1v) is 7.82. The molecule has 2 aromatic rings. The maximum Gasteiger partial charge on any atom is 0.183 e. The van der Waals surface area contributed by atoms with Gasteiger partial charge in [-0.15, -0.1) is 11.6 Å². The highest BCUT2D eigenvalue weighted by atomic mass is 35.5. The van der Waals surface area contributed by atoms with E-state index in [0.717, 1.165) is 23.1 Å². The first-order chi connectivity index (χ1) is 8.81. The van der Waals surface area contributed by atoms with Crippen LogP contribution in [0, 0.1) is 5.41 Å². The molecule has 1 aliphatic rings. The monoisotopic (exact) mass is 280 g/mol. The average Bonchev–Trinajstić information content (AvgIpc) is 3.03. The minimum atomic E-state index is 0.291. The van der Waals surface area contributed by atoms with E-state index in [4.69, 9.17) is 11.6 Å². The summed E-state index contributed by atoms with van der Waals surface area (Å²) >= 11 is 7.88. The average molecular weight is 281 g/mol. The van der Waals surface area contributed by atoms with E-state index in [2.05, 4.69) is 28.5 Å². The SMILES string of the molecule is ClCC1(CNc2nc3ccccc3s2)CCCC1. The minimum absolute atomic E-state index is 0.291. The molecule has 2 nitrogen and oxygen atoms in total. The van der Waals surface area contributed by atoms with E-state index in [1.807, 2.05) is 6.07 Å². The Morgan fingerprint density at radius 2 is 2.06 bits per heavy atom. The van der Waals surface area contributed by atoms with Gasteiger partial charge in [0.05, 0.1) is 10.2 Å². The summed E-state index contributed by atoms with van der Waals surface area (Å²) in [6.45, 7) is 0.955. The quantitative estimate of drug-likeness (QED) is 0.834. The van der Waals surface area contributed by atoms with E-state index < -0.39 is 0 Å². The maximum atomic E-state index is 6.15. The number of nitrogens with one attached hydrogen (secondary N) is 1. The van der Waals surface area contributed by atoms with Crippen molar-refractivity contribution >= 4 is 38.3 Å². The zero-order valence-electron chi connectivity index (χ0n) is 10.3. The molecule has 1 aromatic carbocycles. The molecule has 0 bridgehead atoms. The van der Waals surface area contributed by atoms with Crippen LogP contribution in [0.25, 0.3) is 10.2 Å². The number of anilines is 1. The summed E-state index contributed by atoms with van der Waals surface area (Å²) in [5.74, 6) is 0.755. The predicted molar refractivity (Wildman–Crippen MR) is 79.7 cm³/mol. The summed E-state index contributed by atoms with van der Waals surface area (Å²) in [7, 11) is 0. The van der Waals surface area contributed by atoms with Gasteiger partial charge in [0.15, 0.2) is 5.13 Å². The Bertz CT molecular complexity index is 498. The Hall–Kier alpha value is -0.800. The molecule has 3 rings (SSSR count). The number of alkyl halides is 1. The van der Waals surface area contributed by atoms with E-state index in [9.17, 15) is 0 Å². The van der Waals surface area contributed by atoms with Crippen molar-refractivity contribution in [3.05, 3.63) is 24.3 Å². The Kier molecular flexibility index (Phi) is 3.44. The van der Waals surface area contributed by atoms with Gasteiger partial charge in [0.25, 0.3) is 0 Å². The van der Waals surface area contributed by atoms with E-state index in [1.165, 1.54) is 30.4 Å². The number of hydrogen-bond acceptors (Lipinski definition) is 3. The fraction of sp³-hybridized carbons (Fsp3) is 0.500. The number of benzene rings is 1. The third-order valence-corrected chi connectivity index (χ3v) is 5.42. The number of aromatic nitrogens is 1. The first-order valence-electron chi connectivity index (χ1n) is 6.47. The van der Waals surface area contributed by atoms with Gasteiger partial charge in [0.1, 0.15) is 0 Å². The van der Waals surface area contributed by atoms with Gasteiger partial charge in [-0.1, -0.05) is 36.3 Å². The van der Waals surface area contributed by atoms with E-state index >= 15 is 0 Å². The molecule has 1 saturated carbocycles. The second-order valence-electron chi connectivity index (χ2n) is 5.18. The predicted octanol–water partition coefficient (Wildman–Crippen LogP) is 4.51. The van der Waals surface area contributed by atoms with Crippen LogP contribution < -0.4 is 5.32 Å². The Labute approximate surface area is 116 Å². The van der Waals surface area contributed by atoms with Crippen molar-refractivity contribution in [2.24, 2.45) is 5.41 Å². The highest BCUT2D eigenvalue weighted by Gasteiger charge is 2.32. The van der Waals surface area contributed by atoms with Crippen LogP contribution in [0.15, 0.2) is 24.3 Å². The molecule has 0 saturated heterocycles. The lowest BCUT2D eigenvalue weighted by Gasteiger charge is -2.26. The van der Waals surface area contributed by atoms with Gasteiger partial charge in [0.2, 0.25) is 0 Å². The molecule has 1 aliphatic carbocycles. The smallest absolute Gasteiger partial charge is 0.183 e. The lowest BCUT2D eigenvalue weighted by Crippen LogP contribution is -2.28. The van der Waals surface area contributed by atoms with Crippen LogP contribution in [0.3, 0.4) is 0 Å². The number of para-hydroxylation sites is 1. The molecule has 4 heteroatoms. The largest absolute Gasteiger partial charge is 0.361 e. The van der Waals surface area contributed by atoms with Gasteiger partial charge < -0.3 is 5.32 Å². The van der Waals surface area contributed by atoms with Crippen molar-refractivity contribution in [3.63, 3.8) is 0 Å².